The highest BCUT2D eigenvalue weighted by atomic mass is 32.2. The van der Waals surface area contributed by atoms with Gasteiger partial charge < -0.3 is 10.0 Å². The Morgan fingerprint density at radius 3 is 2.58 bits per heavy atom. The van der Waals surface area contributed by atoms with Gasteiger partial charge in [0.05, 0.1) is 5.69 Å². The number of carbonyl (C=O) groups is 2. The molecule has 24 heavy (non-hydrogen) atoms. The molecule has 7 nitrogen and oxygen atoms in total. The van der Waals surface area contributed by atoms with Crippen molar-refractivity contribution in [2.75, 3.05) is 24.1 Å². The van der Waals surface area contributed by atoms with Crippen LogP contribution in [0.3, 0.4) is 0 Å². The Labute approximate surface area is 143 Å². The number of amides is 1. The van der Waals surface area contributed by atoms with Gasteiger partial charge in [0, 0.05) is 42.3 Å². The van der Waals surface area contributed by atoms with Crippen molar-refractivity contribution in [1.82, 2.24) is 4.90 Å². The van der Waals surface area contributed by atoms with Crippen LogP contribution in [0.4, 0.5) is 5.69 Å². The number of hydrazone groups is 1. The van der Waals surface area contributed by atoms with E-state index in [2.05, 4.69) is 5.10 Å². The van der Waals surface area contributed by atoms with E-state index in [0.29, 0.717) is 11.4 Å². The molecule has 1 aromatic rings. The molecule has 3 unspecified atom stereocenters. The summed E-state index contributed by atoms with van der Waals surface area (Å²) in [5.41, 5.74) is 0.820. The van der Waals surface area contributed by atoms with Gasteiger partial charge in [0.15, 0.2) is 6.04 Å². The zero-order valence-electron chi connectivity index (χ0n) is 13.9. The number of benzene rings is 1. The van der Waals surface area contributed by atoms with Crippen molar-refractivity contribution in [3.8, 4) is 0 Å². The lowest BCUT2D eigenvalue weighted by atomic mass is 10.1. The van der Waals surface area contributed by atoms with Crippen molar-refractivity contribution in [3.63, 3.8) is 0 Å². The summed E-state index contributed by atoms with van der Waals surface area (Å²) in [6, 6.07) is 7.77. The lowest BCUT2D eigenvalue weighted by Crippen LogP contribution is -2.42. The lowest BCUT2D eigenvalue weighted by Gasteiger charge is -2.23. The molecular formula is C16H21N3O4S. The third kappa shape index (κ3) is 4.00. The average molecular weight is 351 g/mol. The van der Waals surface area contributed by atoms with Gasteiger partial charge in [-0.15, -0.1) is 0 Å². The van der Waals surface area contributed by atoms with Gasteiger partial charge in [-0.2, -0.15) is 5.10 Å². The highest BCUT2D eigenvalue weighted by Gasteiger charge is 2.37. The van der Waals surface area contributed by atoms with E-state index in [1.165, 1.54) is 9.91 Å². The summed E-state index contributed by atoms with van der Waals surface area (Å²) >= 11 is 0. The molecule has 0 saturated heterocycles. The molecule has 0 bridgehead atoms. The first-order valence-electron chi connectivity index (χ1n) is 7.53. The molecule has 2 rings (SSSR count). The first kappa shape index (κ1) is 18.1. The van der Waals surface area contributed by atoms with E-state index in [1.54, 1.807) is 44.5 Å². The highest BCUT2D eigenvalue weighted by Crippen LogP contribution is 2.25. The standard InChI is InChI=1S/C16H21N3O4S/c1-11(10-24(3)23)18(2)15(20)13-9-14(16(21)22)19(17-13)12-7-5-4-6-8-12/h4-8,11,14H,9-10H2,1-3H3,(H,21,22). The number of hydrogen-bond donors (Lipinski definition) is 1. The van der Waals surface area contributed by atoms with Crippen molar-refractivity contribution >= 4 is 34.1 Å². The normalized spacial score (nSPS) is 19.5. The van der Waals surface area contributed by atoms with Crippen molar-refractivity contribution in [1.29, 1.82) is 0 Å². The van der Waals surface area contributed by atoms with Gasteiger partial charge in [0.25, 0.3) is 5.91 Å². The Hall–Kier alpha value is -2.22. The molecule has 3 atom stereocenters. The molecule has 1 N–H and O–H groups in total. The number of carboxylic acid groups (broad SMARTS) is 1. The van der Waals surface area contributed by atoms with Crippen molar-refractivity contribution in [2.24, 2.45) is 5.10 Å². The number of aliphatic carboxylic acids is 1. The molecule has 0 fully saturated rings. The van der Waals surface area contributed by atoms with Gasteiger partial charge in [0.1, 0.15) is 5.71 Å². The summed E-state index contributed by atoms with van der Waals surface area (Å²) in [4.78, 5) is 25.6. The maximum atomic E-state index is 12.6. The van der Waals surface area contributed by atoms with Crippen LogP contribution >= 0.6 is 0 Å². The molecule has 1 aliphatic heterocycles. The van der Waals surface area contributed by atoms with Gasteiger partial charge in [-0.1, -0.05) is 18.2 Å². The third-order valence-electron chi connectivity index (χ3n) is 3.92. The summed E-state index contributed by atoms with van der Waals surface area (Å²) < 4.78 is 11.3. The van der Waals surface area contributed by atoms with Crippen LogP contribution in [0.15, 0.2) is 35.4 Å². The van der Waals surface area contributed by atoms with Gasteiger partial charge in [0.2, 0.25) is 0 Å². The number of nitrogens with zero attached hydrogens (tertiary/aromatic N) is 3. The van der Waals surface area contributed by atoms with E-state index in [1.807, 2.05) is 6.07 Å². The number of anilines is 1. The van der Waals surface area contributed by atoms with Crippen LogP contribution in [0, 0.1) is 0 Å². The van der Waals surface area contributed by atoms with Crippen molar-refractivity contribution in [2.45, 2.75) is 25.4 Å². The molecule has 130 valence electrons. The van der Waals surface area contributed by atoms with E-state index < -0.39 is 22.8 Å². The number of para-hydroxylation sites is 1. The van der Waals surface area contributed by atoms with Crippen molar-refractivity contribution in [3.05, 3.63) is 30.3 Å². The molecule has 0 aliphatic carbocycles. The Bertz CT molecular complexity index is 677. The van der Waals surface area contributed by atoms with Crippen LogP contribution in [0.5, 0.6) is 0 Å². The molecular weight excluding hydrogens is 330 g/mol. The number of rotatable bonds is 6. The highest BCUT2D eigenvalue weighted by molar-refractivity contribution is 7.84. The fourth-order valence-electron chi connectivity index (χ4n) is 2.51. The van der Waals surface area contributed by atoms with Crippen LogP contribution in [-0.4, -0.2) is 62.9 Å². The van der Waals surface area contributed by atoms with Crippen LogP contribution < -0.4 is 5.01 Å². The maximum Gasteiger partial charge on any atom is 0.328 e. The predicted octanol–water partition coefficient (Wildman–Crippen LogP) is 0.931. The summed E-state index contributed by atoms with van der Waals surface area (Å²) in [7, 11) is 0.591. The zero-order valence-corrected chi connectivity index (χ0v) is 14.7. The molecule has 0 spiro atoms. The Morgan fingerprint density at radius 1 is 1.42 bits per heavy atom. The minimum Gasteiger partial charge on any atom is -0.480 e. The predicted molar refractivity (Wildman–Crippen MR) is 93.6 cm³/mol. The summed E-state index contributed by atoms with van der Waals surface area (Å²) in [5, 5.41) is 15.0. The fraction of sp³-hybridized carbons (Fsp3) is 0.438. The topological polar surface area (TPSA) is 90.3 Å². The minimum absolute atomic E-state index is 0.0370. The third-order valence-corrected chi connectivity index (χ3v) is 4.87. The Kier molecular flexibility index (Phi) is 5.71. The van der Waals surface area contributed by atoms with Gasteiger partial charge in [-0.25, -0.2) is 4.79 Å². The molecule has 0 radical (unpaired) electrons. The van der Waals surface area contributed by atoms with E-state index in [-0.39, 0.29) is 24.1 Å². The van der Waals surface area contributed by atoms with Crippen LogP contribution in [0.25, 0.3) is 0 Å². The van der Waals surface area contributed by atoms with E-state index in [0.717, 1.165) is 0 Å². The van der Waals surface area contributed by atoms with E-state index in [9.17, 15) is 18.9 Å². The molecule has 8 heteroatoms. The molecule has 1 heterocycles. The SMILES string of the molecule is CC(CS(C)=O)N(C)C(=O)C1=NN(c2ccccc2)C(C(=O)O)C1. The number of carboxylic acids is 1. The Balaban J connectivity index is 2.22. The second kappa shape index (κ2) is 7.57. The molecule has 1 aliphatic rings. The minimum atomic E-state index is -1.03. The number of carbonyl (C=O) groups excluding carboxylic acids is 1. The summed E-state index contributed by atoms with van der Waals surface area (Å²) in [6.07, 6.45) is 1.62. The average Bonchev–Trinajstić information content (AvgIpc) is 2.99. The Morgan fingerprint density at radius 2 is 2.04 bits per heavy atom. The van der Waals surface area contributed by atoms with Crippen LogP contribution in [0.1, 0.15) is 13.3 Å². The second-order valence-electron chi connectivity index (χ2n) is 5.79. The van der Waals surface area contributed by atoms with Gasteiger partial charge in [-0.05, 0) is 19.1 Å². The molecule has 0 aromatic heterocycles. The monoisotopic (exact) mass is 351 g/mol. The molecule has 1 aromatic carbocycles. The smallest absolute Gasteiger partial charge is 0.328 e. The van der Waals surface area contributed by atoms with Crippen LogP contribution in [0.2, 0.25) is 0 Å². The zero-order chi connectivity index (χ0) is 17.9. The van der Waals surface area contributed by atoms with Gasteiger partial charge in [-0.3, -0.25) is 14.0 Å². The van der Waals surface area contributed by atoms with Crippen LogP contribution in [-0.2, 0) is 20.4 Å². The second-order valence-corrected chi connectivity index (χ2v) is 7.27. The lowest BCUT2D eigenvalue weighted by molar-refractivity contribution is -0.138. The van der Waals surface area contributed by atoms with E-state index in [4.69, 9.17) is 0 Å². The molecule has 0 saturated carbocycles. The van der Waals surface area contributed by atoms with Crippen molar-refractivity contribution < 1.29 is 18.9 Å². The largest absolute Gasteiger partial charge is 0.480 e. The quantitative estimate of drug-likeness (QED) is 0.823. The fourth-order valence-corrected chi connectivity index (χ4v) is 3.41. The molecule has 1 amide bonds. The summed E-state index contributed by atoms with van der Waals surface area (Å²) in [5.74, 6) is -1.01. The summed E-state index contributed by atoms with van der Waals surface area (Å²) in [6.45, 7) is 1.80. The number of hydrogen-bond acceptors (Lipinski definition) is 5. The van der Waals surface area contributed by atoms with E-state index >= 15 is 0 Å². The van der Waals surface area contributed by atoms with Gasteiger partial charge >= 0.3 is 5.97 Å². The first-order valence-corrected chi connectivity index (χ1v) is 9.25. The first-order chi connectivity index (χ1) is 11.3. The maximum absolute atomic E-state index is 12.6.